The predicted octanol–water partition coefficient (Wildman–Crippen LogP) is 8.13. The Labute approximate surface area is 325 Å². The lowest BCUT2D eigenvalue weighted by Crippen LogP contribution is -2.44. The summed E-state index contributed by atoms with van der Waals surface area (Å²) in [4.78, 5) is 18.4. The molecule has 12 heteroatoms. The first-order chi connectivity index (χ1) is 26.5. The maximum atomic E-state index is 13.8. The van der Waals surface area contributed by atoms with E-state index in [9.17, 15) is 4.79 Å². The van der Waals surface area contributed by atoms with Gasteiger partial charge in [-0.3, -0.25) is 9.72 Å². The number of anilines is 2. The number of rotatable bonds is 12. The number of pyridine rings is 1. The number of carbonyl (C=O) groups excluding carboxylic acids is 1. The van der Waals surface area contributed by atoms with Gasteiger partial charge in [-0.05, 0) is 94.9 Å². The van der Waals surface area contributed by atoms with Crippen molar-refractivity contribution in [3.8, 4) is 17.2 Å². The topological polar surface area (TPSA) is 114 Å². The second-order valence-electron chi connectivity index (χ2n) is 16.3. The number of urea groups is 1. The van der Waals surface area contributed by atoms with Crippen LogP contribution in [0.3, 0.4) is 0 Å². The van der Waals surface area contributed by atoms with Gasteiger partial charge in [-0.15, -0.1) is 10.2 Å². The molecule has 5 aromatic rings. The molecule has 1 aliphatic carbocycles. The van der Waals surface area contributed by atoms with Crippen LogP contribution in [0.1, 0.15) is 102 Å². The van der Waals surface area contributed by atoms with Crippen LogP contribution in [0.2, 0.25) is 0 Å². The van der Waals surface area contributed by atoms with E-state index in [-0.39, 0.29) is 23.4 Å². The second-order valence-corrected chi connectivity index (χ2v) is 16.3. The summed E-state index contributed by atoms with van der Waals surface area (Å²) in [6, 6.07) is 22.5. The molecule has 3 aromatic heterocycles. The Hall–Kier alpha value is -5.10. The molecule has 1 aliphatic heterocycles. The Morgan fingerprint density at radius 1 is 0.909 bits per heavy atom. The number of hydrogen-bond donors (Lipinski definition) is 2. The number of hydrogen-bond acceptors (Lipinski definition) is 8. The molecule has 12 nitrogen and oxygen atoms in total. The Morgan fingerprint density at radius 3 is 2.45 bits per heavy atom. The van der Waals surface area contributed by atoms with E-state index in [1.54, 1.807) is 4.68 Å². The monoisotopic (exact) mass is 747 g/mol. The van der Waals surface area contributed by atoms with Crippen molar-refractivity contribution < 1.29 is 14.3 Å². The number of benzene rings is 2. The smallest absolute Gasteiger partial charge is 0.320 e. The van der Waals surface area contributed by atoms with E-state index in [1.165, 1.54) is 12.0 Å². The van der Waals surface area contributed by atoms with Gasteiger partial charge in [0, 0.05) is 42.1 Å². The third-order valence-corrected chi connectivity index (χ3v) is 11.2. The van der Waals surface area contributed by atoms with E-state index in [2.05, 4.69) is 102 Å². The second kappa shape index (κ2) is 16.3. The maximum absolute atomic E-state index is 13.8. The van der Waals surface area contributed by atoms with Crippen molar-refractivity contribution in [2.45, 2.75) is 103 Å². The van der Waals surface area contributed by atoms with Crippen molar-refractivity contribution >= 4 is 23.4 Å². The summed E-state index contributed by atoms with van der Waals surface area (Å²) < 4.78 is 16.4. The number of nitrogens with one attached hydrogen (secondary N) is 2. The minimum atomic E-state index is -0.276. The molecule has 292 valence electrons. The van der Waals surface area contributed by atoms with Crippen molar-refractivity contribution in [2.24, 2.45) is 0 Å². The average molecular weight is 748 g/mol. The molecule has 4 unspecified atom stereocenters. The quantitative estimate of drug-likeness (QED) is 0.132. The molecule has 0 spiro atoms. The highest BCUT2D eigenvalue weighted by atomic mass is 16.5. The van der Waals surface area contributed by atoms with Crippen LogP contribution in [0.5, 0.6) is 11.5 Å². The van der Waals surface area contributed by atoms with Crippen molar-refractivity contribution in [1.82, 2.24) is 34.6 Å². The minimum Gasteiger partial charge on any atom is -0.492 e. The number of amides is 2. The zero-order valence-electron chi connectivity index (χ0n) is 33.5. The SMILES string of the molecule is CCN(C)CCOc1cccc(-n2nc(C(C)(C)C)cc2NC(=O)NC2CCC(COc3ccc4nnc(N5C(C)CCCC5C)n4c3)c3ccccc32)c1. The van der Waals surface area contributed by atoms with Crippen molar-refractivity contribution in [2.75, 3.05) is 43.6 Å². The number of aromatic nitrogens is 5. The van der Waals surface area contributed by atoms with Gasteiger partial charge in [0.25, 0.3) is 0 Å². The van der Waals surface area contributed by atoms with Crippen LogP contribution in [0.15, 0.2) is 72.9 Å². The summed E-state index contributed by atoms with van der Waals surface area (Å²) in [5.41, 5.74) is 4.60. The standard InChI is InChI=1S/C43H57N9O3/c1-8-49(7)23-24-54-33-16-12-15-32(25-33)52-40(26-38(48-52)43(4,5)6)45-41(53)44-37-21-19-31(35-17-9-10-18-36(35)37)28-55-34-20-22-39-46-47-42(50(39)27-34)51-29(2)13-11-14-30(51)3/h9-10,12,15-18,20,22,25-27,29-31,37H,8,11,13-14,19,21,23-24,28H2,1-7H3,(H2,44,45,53). The number of ether oxygens (including phenoxy) is 2. The molecule has 2 aliphatic rings. The number of likely N-dealkylation sites (N-methyl/N-ethyl adjacent to an activating group) is 1. The zero-order chi connectivity index (χ0) is 38.7. The van der Waals surface area contributed by atoms with Crippen LogP contribution >= 0.6 is 0 Å². The molecule has 55 heavy (non-hydrogen) atoms. The first-order valence-corrected chi connectivity index (χ1v) is 19.9. The molecule has 0 bridgehead atoms. The van der Waals surface area contributed by atoms with Gasteiger partial charge < -0.3 is 24.6 Å². The van der Waals surface area contributed by atoms with Gasteiger partial charge in [-0.2, -0.15) is 5.10 Å². The lowest BCUT2D eigenvalue weighted by atomic mass is 9.80. The molecule has 0 radical (unpaired) electrons. The average Bonchev–Trinajstić information content (AvgIpc) is 3.79. The van der Waals surface area contributed by atoms with E-state index in [0.29, 0.717) is 31.1 Å². The van der Waals surface area contributed by atoms with Crippen LogP contribution in [-0.4, -0.2) is 80.7 Å². The Bertz CT molecular complexity index is 2070. The van der Waals surface area contributed by atoms with Crippen molar-refractivity contribution in [3.63, 3.8) is 0 Å². The van der Waals surface area contributed by atoms with Gasteiger partial charge in [0.2, 0.25) is 5.95 Å². The molecule has 1 fully saturated rings. The lowest BCUT2D eigenvalue weighted by Gasteiger charge is -2.39. The zero-order valence-corrected chi connectivity index (χ0v) is 33.5. The van der Waals surface area contributed by atoms with Crippen molar-refractivity contribution in [1.29, 1.82) is 0 Å². The molecular weight excluding hydrogens is 691 g/mol. The Morgan fingerprint density at radius 2 is 1.69 bits per heavy atom. The first-order valence-electron chi connectivity index (χ1n) is 19.9. The van der Waals surface area contributed by atoms with Crippen LogP contribution in [0.25, 0.3) is 11.3 Å². The summed E-state index contributed by atoms with van der Waals surface area (Å²) in [5.74, 6) is 3.20. The van der Waals surface area contributed by atoms with Gasteiger partial charge in [-0.1, -0.05) is 58.0 Å². The van der Waals surface area contributed by atoms with Crippen LogP contribution in [0.4, 0.5) is 16.6 Å². The van der Waals surface area contributed by atoms with Crippen molar-refractivity contribution in [3.05, 3.63) is 89.7 Å². The summed E-state index contributed by atoms with van der Waals surface area (Å²) >= 11 is 0. The third-order valence-electron chi connectivity index (χ3n) is 11.2. The van der Waals surface area contributed by atoms with Gasteiger partial charge in [-0.25, -0.2) is 9.48 Å². The number of nitrogens with zero attached hydrogens (tertiary/aromatic N) is 7. The van der Waals surface area contributed by atoms with Crippen LogP contribution in [-0.2, 0) is 5.41 Å². The van der Waals surface area contributed by atoms with E-state index < -0.39 is 0 Å². The largest absolute Gasteiger partial charge is 0.492 e. The molecule has 0 saturated carbocycles. The minimum absolute atomic E-state index is 0.145. The van der Waals surface area contributed by atoms with Gasteiger partial charge >= 0.3 is 6.03 Å². The Balaban J connectivity index is 1.03. The molecule has 2 N–H and O–H groups in total. The number of carbonyl (C=O) groups is 1. The highest BCUT2D eigenvalue weighted by Crippen LogP contribution is 2.38. The summed E-state index contributed by atoms with van der Waals surface area (Å²) in [7, 11) is 2.08. The molecule has 1 saturated heterocycles. The summed E-state index contributed by atoms with van der Waals surface area (Å²) in [5, 5.41) is 20.4. The maximum Gasteiger partial charge on any atom is 0.320 e. The van der Waals surface area contributed by atoms with E-state index in [4.69, 9.17) is 14.6 Å². The third kappa shape index (κ3) is 8.59. The highest BCUT2D eigenvalue weighted by molar-refractivity contribution is 5.89. The van der Waals surface area contributed by atoms with E-state index in [0.717, 1.165) is 78.8 Å². The fourth-order valence-electron chi connectivity index (χ4n) is 7.86. The normalized spacial score (nSPS) is 20.0. The fraction of sp³-hybridized carbons (Fsp3) is 0.488. The molecule has 2 aromatic carbocycles. The predicted molar refractivity (Wildman–Crippen MR) is 218 cm³/mol. The highest BCUT2D eigenvalue weighted by Gasteiger charge is 2.31. The van der Waals surface area contributed by atoms with Gasteiger partial charge in [0.05, 0.1) is 30.2 Å². The van der Waals surface area contributed by atoms with Gasteiger partial charge in [0.15, 0.2) is 5.65 Å². The van der Waals surface area contributed by atoms with Crippen LogP contribution < -0.4 is 25.0 Å². The molecule has 4 heterocycles. The van der Waals surface area contributed by atoms with E-state index >= 15 is 0 Å². The number of piperidine rings is 1. The molecule has 4 atom stereocenters. The molecular formula is C43H57N9O3. The lowest BCUT2D eigenvalue weighted by molar-refractivity contribution is 0.241. The molecule has 2 amide bonds. The Kier molecular flexibility index (Phi) is 11.3. The molecule has 7 rings (SSSR count). The summed E-state index contributed by atoms with van der Waals surface area (Å²) in [6.45, 7) is 15.9. The van der Waals surface area contributed by atoms with E-state index in [1.807, 2.05) is 54.7 Å². The van der Waals surface area contributed by atoms with Gasteiger partial charge in [0.1, 0.15) is 23.9 Å². The fourth-order valence-corrected chi connectivity index (χ4v) is 7.86. The van der Waals surface area contributed by atoms with Crippen LogP contribution in [0, 0.1) is 0 Å². The summed E-state index contributed by atoms with van der Waals surface area (Å²) in [6.07, 6.45) is 7.22. The number of fused-ring (bicyclic) bond motifs is 2. The first kappa shape index (κ1) is 38.2.